The summed E-state index contributed by atoms with van der Waals surface area (Å²) in [6.45, 7) is 1.83. The van der Waals surface area contributed by atoms with Crippen molar-refractivity contribution in [1.29, 1.82) is 0 Å². The molecule has 0 spiro atoms. The molecule has 1 aromatic carbocycles. The maximum absolute atomic E-state index is 10.7. The summed E-state index contributed by atoms with van der Waals surface area (Å²) in [5.74, 6) is 0.152. The number of halogens is 1. The highest BCUT2D eigenvalue weighted by atomic mass is 35.5. The van der Waals surface area contributed by atoms with Crippen LogP contribution in [0.1, 0.15) is 12.8 Å². The summed E-state index contributed by atoms with van der Waals surface area (Å²) in [5.41, 5.74) is 0.870. The van der Waals surface area contributed by atoms with Gasteiger partial charge in [0.25, 0.3) is 0 Å². The van der Waals surface area contributed by atoms with Crippen LogP contribution in [0.3, 0.4) is 0 Å². The summed E-state index contributed by atoms with van der Waals surface area (Å²) >= 11 is 5.81. The summed E-state index contributed by atoms with van der Waals surface area (Å²) in [4.78, 5) is 14.7. The molecule has 1 aromatic heterocycles. The Kier molecular flexibility index (Phi) is 4.19. The maximum atomic E-state index is 10.7. The number of hydrogen-bond acceptors (Lipinski definition) is 4. The Labute approximate surface area is 115 Å². The summed E-state index contributed by atoms with van der Waals surface area (Å²) in [7, 11) is 0. The van der Waals surface area contributed by atoms with E-state index in [0.717, 1.165) is 5.56 Å². The van der Waals surface area contributed by atoms with Crippen LogP contribution >= 0.6 is 11.6 Å². The van der Waals surface area contributed by atoms with Crippen LogP contribution in [0.5, 0.6) is 0 Å². The molecular weight excluding hydrogens is 268 g/mol. The number of hydrogen-bond donors (Lipinski definition) is 2. The number of carbonyl (C=O) groups is 1. The Hall–Kier alpha value is -1.85. The first-order valence-electron chi connectivity index (χ1n) is 5.73. The lowest BCUT2D eigenvalue weighted by molar-refractivity contribution is -0.139. The van der Waals surface area contributed by atoms with E-state index in [1.807, 2.05) is 12.1 Å². The topological polar surface area (TPSA) is 75.4 Å². The number of aromatic nitrogens is 1. The van der Waals surface area contributed by atoms with Crippen LogP contribution in [0.4, 0.5) is 0 Å². The third-order valence-corrected chi connectivity index (χ3v) is 2.86. The number of carboxylic acids is 1. The monoisotopic (exact) mass is 280 g/mol. The molecule has 1 heterocycles. The van der Waals surface area contributed by atoms with E-state index in [4.69, 9.17) is 21.1 Å². The second-order valence-corrected chi connectivity index (χ2v) is 4.50. The fraction of sp³-hybridized carbons (Fsp3) is 0.231. The van der Waals surface area contributed by atoms with Crippen LogP contribution in [0, 0.1) is 0 Å². The highest BCUT2D eigenvalue weighted by Crippen LogP contribution is 2.22. The van der Waals surface area contributed by atoms with Crippen LogP contribution in [0.15, 0.2) is 34.9 Å². The molecule has 0 aliphatic heterocycles. The van der Waals surface area contributed by atoms with Crippen molar-refractivity contribution in [3.05, 3.63) is 41.4 Å². The van der Waals surface area contributed by atoms with Crippen molar-refractivity contribution in [2.24, 2.45) is 0 Å². The lowest BCUT2D eigenvalue weighted by atomic mass is 10.2. The molecule has 0 amide bonds. The second-order valence-electron chi connectivity index (χ2n) is 4.07. The number of oxazole rings is 1. The molecule has 6 heteroatoms. The highest BCUT2D eigenvalue weighted by molar-refractivity contribution is 6.30. The average Bonchev–Trinajstić information content (AvgIpc) is 2.85. The Morgan fingerprint density at radius 3 is 2.79 bits per heavy atom. The first kappa shape index (κ1) is 13.6. The average molecular weight is 281 g/mol. The first-order valence-corrected chi connectivity index (χ1v) is 6.11. The van der Waals surface area contributed by atoms with Gasteiger partial charge < -0.3 is 9.52 Å². The molecule has 0 fully saturated rings. The summed E-state index contributed by atoms with van der Waals surface area (Å²) < 4.78 is 5.53. The van der Waals surface area contributed by atoms with Gasteiger partial charge in [-0.2, -0.15) is 0 Å². The maximum Gasteiger partial charge on any atom is 0.320 e. The number of nitrogens with zero attached hydrogens (tertiary/aromatic N) is 1. The molecule has 0 aliphatic rings. The van der Waals surface area contributed by atoms with E-state index in [2.05, 4.69) is 10.3 Å². The van der Waals surface area contributed by atoms with Crippen molar-refractivity contribution in [2.75, 3.05) is 0 Å². The van der Waals surface area contributed by atoms with Crippen molar-refractivity contribution < 1.29 is 14.3 Å². The quantitative estimate of drug-likeness (QED) is 0.880. The molecule has 0 bridgehead atoms. The molecule has 0 radical (unpaired) electrons. The van der Waals surface area contributed by atoms with Gasteiger partial charge in [0.1, 0.15) is 6.04 Å². The number of aliphatic carboxylic acids is 1. The SMILES string of the molecule is C[C@@H](NCc1ncc(-c2ccc(Cl)cc2)o1)C(=O)O. The Balaban J connectivity index is 2.03. The molecule has 0 aliphatic carbocycles. The smallest absolute Gasteiger partial charge is 0.320 e. The fourth-order valence-electron chi connectivity index (χ4n) is 1.47. The van der Waals surface area contributed by atoms with E-state index in [1.54, 1.807) is 25.3 Å². The standard InChI is InChI=1S/C13H13ClN2O3/c1-8(13(17)18)15-7-12-16-6-11(19-12)9-2-4-10(14)5-3-9/h2-6,8,15H,7H2,1H3,(H,17,18)/t8-/m1/s1. The highest BCUT2D eigenvalue weighted by Gasteiger charge is 2.12. The van der Waals surface area contributed by atoms with E-state index in [-0.39, 0.29) is 6.54 Å². The lowest BCUT2D eigenvalue weighted by Crippen LogP contribution is -2.33. The van der Waals surface area contributed by atoms with Crippen LogP contribution in [0.2, 0.25) is 5.02 Å². The molecule has 0 unspecified atom stereocenters. The van der Waals surface area contributed by atoms with Crippen molar-refractivity contribution in [1.82, 2.24) is 10.3 Å². The predicted molar refractivity (Wildman–Crippen MR) is 70.9 cm³/mol. The van der Waals surface area contributed by atoms with Gasteiger partial charge in [0.2, 0.25) is 5.89 Å². The molecular formula is C13H13ClN2O3. The van der Waals surface area contributed by atoms with E-state index in [0.29, 0.717) is 16.7 Å². The summed E-state index contributed by atoms with van der Waals surface area (Å²) in [5, 5.41) is 12.2. The molecule has 0 saturated carbocycles. The Morgan fingerprint density at radius 2 is 2.16 bits per heavy atom. The Bertz CT molecular complexity index is 566. The zero-order valence-corrected chi connectivity index (χ0v) is 11.0. The third kappa shape index (κ3) is 3.56. The fourth-order valence-corrected chi connectivity index (χ4v) is 1.59. The van der Waals surface area contributed by atoms with E-state index >= 15 is 0 Å². The van der Waals surface area contributed by atoms with Crippen LogP contribution in [-0.4, -0.2) is 22.1 Å². The predicted octanol–water partition coefficient (Wildman–Crippen LogP) is 2.56. The summed E-state index contributed by atoms with van der Waals surface area (Å²) in [6, 6.07) is 6.55. The molecule has 100 valence electrons. The zero-order valence-electron chi connectivity index (χ0n) is 10.3. The van der Waals surface area contributed by atoms with Crippen LogP contribution in [0.25, 0.3) is 11.3 Å². The van der Waals surface area contributed by atoms with Gasteiger partial charge in [-0.25, -0.2) is 4.98 Å². The Morgan fingerprint density at radius 1 is 1.47 bits per heavy atom. The molecule has 1 atom stereocenters. The van der Waals surface area contributed by atoms with Crippen molar-refractivity contribution in [2.45, 2.75) is 19.5 Å². The van der Waals surface area contributed by atoms with Gasteiger partial charge in [-0.1, -0.05) is 11.6 Å². The number of carboxylic acid groups (broad SMARTS) is 1. The number of rotatable bonds is 5. The minimum absolute atomic E-state index is 0.265. The second kappa shape index (κ2) is 5.86. The van der Waals surface area contributed by atoms with Crippen molar-refractivity contribution >= 4 is 17.6 Å². The minimum atomic E-state index is -0.913. The minimum Gasteiger partial charge on any atom is -0.480 e. The van der Waals surface area contributed by atoms with Gasteiger partial charge in [0.05, 0.1) is 12.7 Å². The molecule has 5 nitrogen and oxygen atoms in total. The largest absolute Gasteiger partial charge is 0.480 e. The molecule has 0 saturated heterocycles. The van der Waals surface area contributed by atoms with Gasteiger partial charge in [0, 0.05) is 10.6 Å². The van der Waals surface area contributed by atoms with Crippen LogP contribution < -0.4 is 5.32 Å². The molecule has 2 N–H and O–H groups in total. The number of nitrogens with one attached hydrogen (secondary N) is 1. The molecule has 2 rings (SSSR count). The van der Waals surface area contributed by atoms with Gasteiger partial charge in [-0.3, -0.25) is 10.1 Å². The third-order valence-electron chi connectivity index (χ3n) is 2.61. The molecule has 2 aromatic rings. The van der Waals surface area contributed by atoms with Crippen LogP contribution in [-0.2, 0) is 11.3 Å². The summed E-state index contributed by atoms with van der Waals surface area (Å²) in [6.07, 6.45) is 1.60. The van der Waals surface area contributed by atoms with E-state index in [1.165, 1.54) is 0 Å². The van der Waals surface area contributed by atoms with E-state index < -0.39 is 12.0 Å². The van der Waals surface area contributed by atoms with Gasteiger partial charge >= 0.3 is 5.97 Å². The number of benzene rings is 1. The zero-order chi connectivity index (χ0) is 13.8. The van der Waals surface area contributed by atoms with Gasteiger partial charge in [0.15, 0.2) is 5.76 Å². The molecule has 19 heavy (non-hydrogen) atoms. The lowest BCUT2D eigenvalue weighted by Gasteiger charge is -2.05. The van der Waals surface area contributed by atoms with Gasteiger partial charge in [-0.15, -0.1) is 0 Å². The van der Waals surface area contributed by atoms with Crippen molar-refractivity contribution in [3.8, 4) is 11.3 Å². The van der Waals surface area contributed by atoms with Gasteiger partial charge in [-0.05, 0) is 31.2 Å². The first-order chi connectivity index (χ1) is 9.06. The van der Waals surface area contributed by atoms with E-state index in [9.17, 15) is 4.79 Å². The van der Waals surface area contributed by atoms with Crippen molar-refractivity contribution in [3.63, 3.8) is 0 Å². The normalized spacial score (nSPS) is 12.3.